The number of sulfone groups is 1. The number of allylic oxidation sites excluding steroid dienone is 1. The van der Waals surface area contributed by atoms with Gasteiger partial charge in [0.25, 0.3) is 5.91 Å². The van der Waals surface area contributed by atoms with Crippen molar-refractivity contribution in [2.24, 2.45) is 5.92 Å². The largest absolute Gasteiger partial charge is 0.387 e. The third-order valence-corrected chi connectivity index (χ3v) is 9.25. The van der Waals surface area contributed by atoms with Gasteiger partial charge in [-0.3, -0.25) is 10.1 Å². The van der Waals surface area contributed by atoms with Crippen molar-refractivity contribution in [2.75, 3.05) is 5.32 Å². The molecular formula is C24H30N2O5S2. The SMILES string of the molecule is CC(C)(O)C(O)c1csc(NC(=O)/C(=C/C2CCCC2)c2ccc(S(=O)(=O)C3CC3)cc2)n1. The van der Waals surface area contributed by atoms with Crippen molar-refractivity contribution >= 4 is 37.8 Å². The van der Waals surface area contributed by atoms with Gasteiger partial charge in [-0.05, 0) is 63.1 Å². The number of carbonyl (C=O) groups excluding carboxylic acids is 1. The lowest BCUT2D eigenvalue weighted by molar-refractivity contribution is -0.111. The van der Waals surface area contributed by atoms with E-state index in [2.05, 4.69) is 10.3 Å². The fourth-order valence-electron chi connectivity index (χ4n) is 4.05. The van der Waals surface area contributed by atoms with Gasteiger partial charge in [-0.2, -0.15) is 0 Å². The van der Waals surface area contributed by atoms with E-state index in [0.717, 1.165) is 25.7 Å². The average Bonchev–Trinajstić information content (AvgIpc) is 3.33. The first kappa shape index (κ1) is 24.1. The second-order valence-electron chi connectivity index (χ2n) is 9.48. The molecule has 1 amide bonds. The van der Waals surface area contributed by atoms with Crippen molar-refractivity contribution in [1.29, 1.82) is 0 Å². The number of aliphatic hydroxyl groups is 2. The second-order valence-corrected chi connectivity index (χ2v) is 12.6. The van der Waals surface area contributed by atoms with Crippen LogP contribution in [0.3, 0.4) is 0 Å². The maximum atomic E-state index is 13.2. The first-order valence-corrected chi connectivity index (χ1v) is 13.7. The van der Waals surface area contributed by atoms with Gasteiger partial charge in [0.2, 0.25) is 0 Å². The number of anilines is 1. The van der Waals surface area contributed by atoms with Crippen LogP contribution in [0.1, 0.15) is 69.7 Å². The third kappa shape index (κ3) is 5.54. The standard InChI is InChI=1S/C24H30N2O5S2/c1-24(2,29)21(27)20-14-32-23(25-20)26-22(28)19(13-15-5-3-4-6-15)16-7-9-17(10-8-16)33(30,31)18-11-12-18/h7-10,13-15,18,21,27,29H,3-6,11-12H2,1-2H3,(H,25,26,28)/b19-13+. The third-order valence-electron chi connectivity index (χ3n) is 6.20. The van der Waals surface area contributed by atoms with Gasteiger partial charge in [-0.1, -0.05) is 31.1 Å². The zero-order valence-corrected chi connectivity index (χ0v) is 20.5. The van der Waals surface area contributed by atoms with Crippen LogP contribution in [0.5, 0.6) is 0 Å². The normalized spacial score (nSPS) is 19.0. The Balaban J connectivity index is 1.57. The Morgan fingerprint density at radius 1 is 1.18 bits per heavy atom. The molecule has 1 atom stereocenters. The molecule has 0 bridgehead atoms. The summed E-state index contributed by atoms with van der Waals surface area (Å²) in [6, 6.07) is 6.56. The summed E-state index contributed by atoms with van der Waals surface area (Å²) in [6.07, 6.45) is 6.50. The number of thiazole rings is 1. The summed E-state index contributed by atoms with van der Waals surface area (Å²) in [6.45, 7) is 2.98. The topological polar surface area (TPSA) is 117 Å². The van der Waals surface area contributed by atoms with Gasteiger partial charge in [0.05, 0.1) is 21.4 Å². The molecule has 1 heterocycles. The molecule has 178 valence electrons. The maximum absolute atomic E-state index is 13.2. The van der Waals surface area contributed by atoms with Crippen molar-refractivity contribution in [1.82, 2.24) is 4.98 Å². The molecule has 33 heavy (non-hydrogen) atoms. The van der Waals surface area contributed by atoms with Gasteiger partial charge < -0.3 is 10.2 Å². The van der Waals surface area contributed by atoms with E-state index in [1.165, 1.54) is 25.2 Å². The van der Waals surface area contributed by atoms with Crippen LogP contribution in [-0.2, 0) is 14.6 Å². The van der Waals surface area contributed by atoms with E-state index in [0.29, 0.717) is 45.6 Å². The summed E-state index contributed by atoms with van der Waals surface area (Å²) in [7, 11) is -3.29. The first-order valence-electron chi connectivity index (χ1n) is 11.3. The smallest absolute Gasteiger partial charge is 0.257 e. The van der Waals surface area contributed by atoms with Crippen molar-refractivity contribution in [3.63, 3.8) is 0 Å². The summed E-state index contributed by atoms with van der Waals surface area (Å²) in [4.78, 5) is 17.8. The Hall–Kier alpha value is -2.07. The van der Waals surface area contributed by atoms with Crippen LogP contribution < -0.4 is 5.32 Å². The van der Waals surface area contributed by atoms with Gasteiger partial charge in [0, 0.05) is 11.0 Å². The van der Waals surface area contributed by atoms with Crippen LogP contribution >= 0.6 is 11.3 Å². The zero-order chi connectivity index (χ0) is 23.8. The van der Waals surface area contributed by atoms with Crippen LogP contribution in [-0.4, -0.2) is 40.4 Å². The predicted octanol–water partition coefficient (Wildman–Crippen LogP) is 4.10. The van der Waals surface area contributed by atoms with Gasteiger partial charge in [-0.25, -0.2) is 13.4 Å². The highest BCUT2D eigenvalue weighted by Crippen LogP contribution is 2.35. The Labute approximate surface area is 198 Å². The van der Waals surface area contributed by atoms with E-state index >= 15 is 0 Å². The molecule has 3 N–H and O–H groups in total. The maximum Gasteiger partial charge on any atom is 0.257 e. The Kier molecular flexibility index (Phi) is 6.77. The van der Waals surface area contributed by atoms with Crippen LogP contribution in [0.15, 0.2) is 40.6 Å². The molecule has 0 saturated heterocycles. The molecule has 4 rings (SSSR count). The number of rotatable bonds is 8. The van der Waals surface area contributed by atoms with Crippen molar-refractivity contribution in [2.45, 2.75) is 74.2 Å². The van der Waals surface area contributed by atoms with Crippen LogP contribution in [0.4, 0.5) is 5.13 Å². The average molecular weight is 491 g/mol. The molecule has 1 aromatic carbocycles. The van der Waals surface area contributed by atoms with Crippen LogP contribution in [0.25, 0.3) is 5.57 Å². The van der Waals surface area contributed by atoms with Gasteiger partial charge in [-0.15, -0.1) is 11.3 Å². The molecular weight excluding hydrogens is 460 g/mol. The molecule has 2 aromatic rings. The Bertz CT molecular complexity index is 1140. The van der Waals surface area contributed by atoms with E-state index in [-0.39, 0.29) is 11.2 Å². The fraction of sp³-hybridized carbons (Fsp3) is 0.500. The number of carbonyl (C=O) groups is 1. The number of benzene rings is 1. The first-order chi connectivity index (χ1) is 15.6. The molecule has 2 saturated carbocycles. The van der Waals surface area contributed by atoms with E-state index in [4.69, 9.17) is 0 Å². The van der Waals surface area contributed by atoms with Crippen LogP contribution in [0, 0.1) is 5.92 Å². The Morgan fingerprint density at radius 3 is 2.39 bits per heavy atom. The molecule has 2 fully saturated rings. The van der Waals surface area contributed by atoms with E-state index < -0.39 is 21.5 Å². The molecule has 7 nitrogen and oxygen atoms in total. The minimum Gasteiger partial charge on any atom is -0.387 e. The molecule has 1 aromatic heterocycles. The minimum absolute atomic E-state index is 0.279. The summed E-state index contributed by atoms with van der Waals surface area (Å²) in [5, 5.41) is 24.7. The molecule has 0 aliphatic heterocycles. The number of aromatic nitrogens is 1. The highest BCUT2D eigenvalue weighted by Gasteiger charge is 2.36. The minimum atomic E-state index is -3.29. The highest BCUT2D eigenvalue weighted by molar-refractivity contribution is 7.92. The highest BCUT2D eigenvalue weighted by atomic mass is 32.2. The number of hydrogen-bond donors (Lipinski definition) is 3. The summed E-state index contributed by atoms with van der Waals surface area (Å²) < 4.78 is 25.0. The monoisotopic (exact) mass is 490 g/mol. The van der Waals surface area contributed by atoms with Gasteiger partial charge in [0.15, 0.2) is 15.0 Å². The molecule has 2 aliphatic carbocycles. The van der Waals surface area contributed by atoms with Gasteiger partial charge in [0.1, 0.15) is 6.10 Å². The number of aliphatic hydroxyl groups excluding tert-OH is 1. The van der Waals surface area contributed by atoms with Crippen molar-refractivity contribution in [3.8, 4) is 0 Å². The second kappa shape index (κ2) is 9.29. The number of hydrogen-bond acceptors (Lipinski definition) is 7. The lowest BCUT2D eigenvalue weighted by Crippen LogP contribution is -2.28. The number of nitrogens with one attached hydrogen (secondary N) is 1. The predicted molar refractivity (Wildman–Crippen MR) is 129 cm³/mol. The number of amides is 1. The molecule has 0 spiro atoms. The Morgan fingerprint density at radius 2 is 1.82 bits per heavy atom. The zero-order valence-electron chi connectivity index (χ0n) is 18.8. The molecule has 9 heteroatoms. The summed E-state index contributed by atoms with van der Waals surface area (Å²) >= 11 is 1.17. The lowest BCUT2D eigenvalue weighted by atomic mass is 9.98. The van der Waals surface area contributed by atoms with E-state index in [1.807, 2.05) is 6.08 Å². The molecule has 1 unspecified atom stereocenters. The fourth-order valence-corrected chi connectivity index (χ4v) is 6.43. The van der Waals surface area contributed by atoms with E-state index in [1.54, 1.807) is 29.6 Å². The lowest BCUT2D eigenvalue weighted by Gasteiger charge is -2.22. The number of nitrogens with zero attached hydrogens (tertiary/aromatic N) is 1. The molecule has 2 aliphatic rings. The molecule has 0 radical (unpaired) electrons. The quantitative estimate of drug-likeness (QED) is 0.480. The van der Waals surface area contributed by atoms with Crippen molar-refractivity contribution in [3.05, 3.63) is 47.0 Å². The summed E-state index contributed by atoms with van der Waals surface area (Å²) in [5.41, 5.74) is 0.0732. The van der Waals surface area contributed by atoms with E-state index in [9.17, 15) is 23.4 Å². The summed E-state index contributed by atoms with van der Waals surface area (Å²) in [5.74, 6) is -0.0390. The van der Waals surface area contributed by atoms with Gasteiger partial charge >= 0.3 is 0 Å². The van der Waals surface area contributed by atoms with Crippen LogP contribution in [0.2, 0.25) is 0 Å². The van der Waals surface area contributed by atoms with Crippen molar-refractivity contribution < 1.29 is 23.4 Å².